The normalized spacial score (nSPS) is 28.1. The monoisotopic (exact) mass is 226 g/mol. The average molecular weight is 226 g/mol. The van der Waals surface area contributed by atoms with E-state index in [1.54, 1.807) is 0 Å². The summed E-state index contributed by atoms with van der Waals surface area (Å²) < 4.78 is 5.56. The van der Waals surface area contributed by atoms with Crippen LogP contribution in [0.3, 0.4) is 0 Å². The van der Waals surface area contributed by atoms with Gasteiger partial charge in [-0.15, -0.1) is 0 Å². The van der Waals surface area contributed by atoms with Crippen molar-refractivity contribution in [3.8, 4) is 0 Å². The van der Waals surface area contributed by atoms with Gasteiger partial charge in [0.1, 0.15) is 0 Å². The minimum Gasteiger partial charge on any atom is -0.378 e. The number of ether oxygens (including phenoxy) is 1. The van der Waals surface area contributed by atoms with Gasteiger partial charge in [0.15, 0.2) is 0 Å². The molecule has 0 amide bonds. The smallest absolute Gasteiger partial charge is 0.0645 e. The fourth-order valence-electron chi connectivity index (χ4n) is 2.81. The van der Waals surface area contributed by atoms with Gasteiger partial charge in [-0.2, -0.15) is 0 Å². The quantitative estimate of drug-likeness (QED) is 0.789. The third kappa shape index (κ3) is 3.19. The summed E-state index contributed by atoms with van der Waals surface area (Å²) in [5.74, 6) is 0.944. The largest absolute Gasteiger partial charge is 0.378 e. The van der Waals surface area contributed by atoms with Gasteiger partial charge in [-0.3, -0.25) is 4.90 Å². The number of morpholine rings is 1. The highest BCUT2D eigenvalue weighted by Gasteiger charge is 2.30. The summed E-state index contributed by atoms with van der Waals surface area (Å²) >= 11 is 0. The Morgan fingerprint density at radius 3 is 2.75 bits per heavy atom. The third-order valence-electron chi connectivity index (χ3n) is 4.08. The van der Waals surface area contributed by atoms with Gasteiger partial charge >= 0.3 is 0 Å². The van der Waals surface area contributed by atoms with E-state index < -0.39 is 0 Å². The minimum atomic E-state index is 0.241. The van der Waals surface area contributed by atoms with Crippen LogP contribution in [-0.2, 0) is 4.74 Å². The highest BCUT2D eigenvalue weighted by Crippen LogP contribution is 2.22. The van der Waals surface area contributed by atoms with Gasteiger partial charge in [-0.05, 0) is 58.7 Å². The summed E-state index contributed by atoms with van der Waals surface area (Å²) in [5, 5.41) is 3.44. The summed E-state index contributed by atoms with van der Waals surface area (Å²) in [7, 11) is 0. The minimum absolute atomic E-state index is 0.241. The van der Waals surface area contributed by atoms with Crippen LogP contribution in [0.15, 0.2) is 0 Å². The molecule has 0 unspecified atom stereocenters. The zero-order valence-electron chi connectivity index (χ0n) is 10.8. The summed E-state index contributed by atoms with van der Waals surface area (Å²) in [6.45, 7) is 11.2. The molecule has 2 saturated heterocycles. The topological polar surface area (TPSA) is 24.5 Å². The van der Waals surface area contributed by atoms with Crippen LogP contribution in [0.4, 0.5) is 0 Å². The molecule has 2 fully saturated rings. The Morgan fingerprint density at radius 2 is 2.06 bits per heavy atom. The van der Waals surface area contributed by atoms with Crippen molar-refractivity contribution in [3.05, 3.63) is 0 Å². The maximum Gasteiger partial charge on any atom is 0.0645 e. The lowest BCUT2D eigenvalue weighted by molar-refractivity contribution is -0.0531. The molecule has 2 aliphatic heterocycles. The Hall–Kier alpha value is -0.120. The molecular formula is C13H26N2O. The third-order valence-corrected chi connectivity index (χ3v) is 4.08. The Kier molecular flexibility index (Phi) is 4.22. The van der Waals surface area contributed by atoms with Gasteiger partial charge in [0.2, 0.25) is 0 Å². The molecule has 0 bridgehead atoms. The number of piperidine rings is 1. The van der Waals surface area contributed by atoms with Gasteiger partial charge in [-0.25, -0.2) is 0 Å². The molecule has 2 aliphatic rings. The van der Waals surface area contributed by atoms with Gasteiger partial charge in [0, 0.05) is 12.1 Å². The fraction of sp³-hybridized carbons (Fsp3) is 1.00. The summed E-state index contributed by atoms with van der Waals surface area (Å²) in [6.07, 6.45) is 4.10. The van der Waals surface area contributed by atoms with Crippen molar-refractivity contribution in [3.63, 3.8) is 0 Å². The molecule has 2 heterocycles. The molecule has 0 aromatic rings. The van der Waals surface area contributed by atoms with Crippen molar-refractivity contribution in [2.24, 2.45) is 5.92 Å². The first-order valence-corrected chi connectivity index (χ1v) is 6.72. The van der Waals surface area contributed by atoms with Crippen LogP contribution < -0.4 is 5.32 Å². The van der Waals surface area contributed by atoms with E-state index in [1.807, 2.05) is 0 Å². The lowest BCUT2D eigenvalue weighted by Crippen LogP contribution is -2.53. The first-order valence-electron chi connectivity index (χ1n) is 6.72. The highest BCUT2D eigenvalue weighted by atomic mass is 16.5. The first kappa shape index (κ1) is 12.3. The van der Waals surface area contributed by atoms with Crippen molar-refractivity contribution >= 4 is 0 Å². The number of hydrogen-bond acceptors (Lipinski definition) is 3. The molecule has 3 heteroatoms. The molecule has 1 N–H and O–H groups in total. The molecule has 94 valence electrons. The molecule has 0 aromatic carbocycles. The van der Waals surface area contributed by atoms with Crippen LogP contribution in [0, 0.1) is 5.92 Å². The molecule has 3 nitrogen and oxygen atoms in total. The Bertz CT molecular complexity index is 212. The van der Waals surface area contributed by atoms with Gasteiger partial charge in [0.25, 0.3) is 0 Å². The summed E-state index contributed by atoms with van der Waals surface area (Å²) in [5.41, 5.74) is 0.241. The van der Waals surface area contributed by atoms with Crippen LogP contribution in [-0.4, -0.2) is 49.8 Å². The second-order valence-electron chi connectivity index (χ2n) is 5.83. The van der Waals surface area contributed by atoms with Gasteiger partial charge < -0.3 is 10.1 Å². The predicted octanol–water partition coefficient (Wildman–Crippen LogP) is 1.49. The first-order chi connectivity index (χ1) is 7.68. The zero-order valence-corrected chi connectivity index (χ0v) is 10.8. The van der Waals surface area contributed by atoms with Crippen LogP contribution in [0.2, 0.25) is 0 Å². The second-order valence-corrected chi connectivity index (χ2v) is 5.83. The molecule has 2 rings (SSSR count). The van der Waals surface area contributed by atoms with E-state index in [2.05, 4.69) is 24.1 Å². The molecular weight excluding hydrogens is 200 g/mol. The van der Waals surface area contributed by atoms with Crippen LogP contribution in [0.1, 0.15) is 33.1 Å². The summed E-state index contributed by atoms with van der Waals surface area (Å²) in [4.78, 5) is 2.61. The van der Waals surface area contributed by atoms with Crippen molar-refractivity contribution in [1.82, 2.24) is 10.2 Å². The molecule has 0 saturated carbocycles. The second kappa shape index (κ2) is 5.48. The lowest BCUT2D eigenvalue weighted by atomic mass is 9.93. The van der Waals surface area contributed by atoms with Crippen molar-refractivity contribution in [2.45, 2.75) is 38.6 Å². The lowest BCUT2D eigenvalue weighted by Gasteiger charge is -2.42. The van der Waals surface area contributed by atoms with Gasteiger partial charge in [0.05, 0.1) is 13.2 Å². The average Bonchev–Trinajstić information content (AvgIpc) is 2.28. The summed E-state index contributed by atoms with van der Waals surface area (Å²) in [6, 6.07) is 0. The van der Waals surface area contributed by atoms with Crippen LogP contribution in [0.5, 0.6) is 0 Å². The fourth-order valence-corrected chi connectivity index (χ4v) is 2.81. The van der Waals surface area contributed by atoms with Crippen molar-refractivity contribution < 1.29 is 4.74 Å². The predicted molar refractivity (Wildman–Crippen MR) is 66.7 cm³/mol. The highest BCUT2D eigenvalue weighted by molar-refractivity contribution is 4.85. The Morgan fingerprint density at radius 1 is 1.31 bits per heavy atom. The molecule has 0 spiro atoms. The molecule has 16 heavy (non-hydrogen) atoms. The maximum absolute atomic E-state index is 5.56. The van der Waals surface area contributed by atoms with E-state index in [0.717, 1.165) is 25.7 Å². The van der Waals surface area contributed by atoms with Gasteiger partial charge in [-0.1, -0.05) is 0 Å². The number of rotatable bonds is 3. The zero-order chi connectivity index (χ0) is 11.4. The van der Waals surface area contributed by atoms with E-state index >= 15 is 0 Å². The van der Waals surface area contributed by atoms with Crippen LogP contribution in [0.25, 0.3) is 0 Å². The van der Waals surface area contributed by atoms with Crippen molar-refractivity contribution in [2.75, 3.05) is 39.4 Å². The Labute approximate surface area is 99.5 Å². The number of nitrogens with zero attached hydrogens (tertiary/aromatic N) is 1. The standard InChI is InChI=1S/C13H26N2O/c1-13(2)11-16-10-9-15(13)8-5-12-3-6-14-7-4-12/h12,14H,3-11H2,1-2H3. The van der Waals surface area contributed by atoms with E-state index in [-0.39, 0.29) is 5.54 Å². The molecule has 0 aliphatic carbocycles. The SMILES string of the molecule is CC1(C)COCCN1CCC1CCNCC1. The van der Waals surface area contributed by atoms with E-state index in [1.165, 1.54) is 38.9 Å². The molecule has 0 radical (unpaired) electrons. The van der Waals surface area contributed by atoms with E-state index in [9.17, 15) is 0 Å². The van der Waals surface area contributed by atoms with E-state index in [4.69, 9.17) is 4.74 Å². The van der Waals surface area contributed by atoms with E-state index in [0.29, 0.717) is 0 Å². The molecule has 0 atom stereocenters. The van der Waals surface area contributed by atoms with Crippen molar-refractivity contribution in [1.29, 1.82) is 0 Å². The maximum atomic E-state index is 5.56. The van der Waals surface area contributed by atoms with Crippen LogP contribution >= 0.6 is 0 Å². The molecule has 0 aromatic heterocycles. The number of nitrogens with one attached hydrogen (secondary N) is 1. The number of hydrogen-bond donors (Lipinski definition) is 1. The Balaban J connectivity index is 1.75.